The van der Waals surface area contributed by atoms with Crippen molar-refractivity contribution < 1.29 is 14.3 Å². The van der Waals surface area contributed by atoms with Crippen molar-refractivity contribution in [3.05, 3.63) is 136 Å². The lowest BCUT2D eigenvalue weighted by molar-refractivity contribution is 0.0730. The molecule has 0 spiro atoms. The fourth-order valence-corrected chi connectivity index (χ4v) is 5.17. The number of ether oxygens (including phenoxy) is 2. The maximum Gasteiger partial charge on any atom is 0.273 e. The minimum atomic E-state index is -0.359. The maximum atomic E-state index is 13.7. The highest BCUT2D eigenvalue weighted by Gasteiger charge is 2.42. The number of fused-ring (bicyclic) bond motifs is 1. The van der Waals surface area contributed by atoms with Gasteiger partial charge in [-0.1, -0.05) is 72.3 Å². The number of nitrogens with one attached hydrogen (secondary N) is 1. The van der Waals surface area contributed by atoms with Gasteiger partial charge in [-0.25, -0.2) is 0 Å². The molecular formula is C32H26ClN3O3. The number of amides is 1. The number of carbonyl (C=O) groups excluding carboxylic acids is 1. The number of nitrogens with zero attached hydrogens (tertiary/aromatic N) is 2. The molecule has 7 heteroatoms. The molecule has 0 fully saturated rings. The number of hydrogen-bond donors (Lipinski definition) is 1. The normalized spacial score (nSPS) is 14.4. The number of carbonyl (C=O) groups is 1. The van der Waals surface area contributed by atoms with Gasteiger partial charge in [0.1, 0.15) is 23.8 Å². The van der Waals surface area contributed by atoms with Gasteiger partial charge >= 0.3 is 0 Å². The lowest BCUT2D eigenvalue weighted by Crippen LogP contribution is -2.29. The summed E-state index contributed by atoms with van der Waals surface area (Å²) < 4.78 is 11.3. The third kappa shape index (κ3) is 4.87. The zero-order valence-electron chi connectivity index (χ0n) is 21.3. The summed E-state index contributed by atoms with van der Waals surface area (Å²) >= 11 is 6.50. The Balaban J connectivity index is 1.37. The highest BCUT2D eigenvalue weighted by atomic mass is 35.5. The van der Waals surface area contributed by atoms with Gasteiger partial charge in [-0.3, -0.25) is 9.89 Å². The largest absolute Gasteiger partial charge is 0.497 e. The summed E-state index contributed by atoms with van der Waals surface area (Å²) in [5, 5.41) is 8.20. The summed E-state index contributed by atoms with van der Waals surface area (Å²) in [6, 6.07) is 32.9. The van der Waals surface area contributed by atoms with Gasteiger partial charge < -0.3 is 14.4 Å². The molecule has 6 rings (SSSR count). The number of rotatable bonds is 8. The summed E-state index contributed by atoms with van der Waals surface area (Å²) in [5.74, 6) is 1.39. The number of halogens is 1. The molecule has 39 heavy (non-hydrogen) atoms. The third-order valence-electron chi connectivity index (χ3n) is 6.97. The molecule has 0 radical (unpaired) electrons. The van der Waals surface area contributed by atoms with Crippen molar-refractivity contribution in [3.8, 4) is 22.8 Å². The van der Waals surface area contributed by atoms with E-state index >= 15 is 0 Å². The van der Waals surface area contributed by atoms with E-state index in [2.05, 4.69) is 10.2 Å². The summed E-state index contributed by atoms with van der Waals surface area (Å²) in [5.41, 5.74) is 5.89. The molecule has 1 aliphatic rings. The van der Waals surface area contributed by atoms with E-state index in [4.69, 9.17) is 21.1 Å². The molecule has 1 aliphatic heterocycles. The van der Waals surface area contributed by atoms with E-state index in [1.165, 1.54) is 0 Å². The minimum absolute atomic E-state index is 0.119. The van der Waals surface area contributed by atoms with Crippen LogP contribution in [0.2, 0.25) is 5.02 Å². The van der Waals surface area contributed by atoms with E-state index in [0.717, 1.165) is 45.0 Å². The van der Waals surface area contributed by atoms with Gasteiger partial charge in [0.2, 0.25) is 0 Å². The Morgan fingerprint density at radius 2 is 1.56 bits per heavy atom. The van der Waals surface area contributed by atoms with Crippen LogP contribution in [0.15, 0.2) is 103 Å². The first-order chi connectivity index (χ1) is 19.1. The molecule has 0 bridgehead atoms. The molecule has 194 valence electrons. The van der Waals surface area contributed by atoms with Crippen LogP contribution in [0.1, 0.15) is 38.8 Å². The Labute approximate surface area is 231 Å². The first-order valence-corrected chi connectivity index (χ1v) is 13.0. The van der Waals surface area contributed by atoms with Gasteiger partial charge in [-0.05, 0) is 59.2 Å². The molecule has 2 heterocycles. The standard InChI is InChI=1S/C32H26ClN3O3/c1-38-25-15-11-22(12-16-25)29-28-30(35-34-29)32(37)36(19-24-9-5-6-10-27(24)33)31(28)23-13-17-26(18-14-23)39-20-21-7-3-2-4-8-21/h2-18,31H,19-20H2,1H3,(H,34,35). The van der Waals surface area contributed by atoms with Crippen molar-refractivity contribution in [2.24, 2.45) is 0 Å². The molecule has 4 aromatic carbocycles. The van der Waals surface area contributed by atoms with Gasteiger partial charge in [-0.2, -0.15) is 5.10 Å². The summed E-state index contributed by atoms with van der Waals surface area (Å²) in [6.45, 7) is 0.842. The van der Waals surface area contributed by atoms with Crippen LogP contribution in [-0.2, 0) is 13.2 Å². The lowest BCUT2D eigenvalue weighted by Gasteiger charge is -2.27. The van der Waals surface area contributed by atoms with Crippen LogP contribution in [0.4, 0.5) is 0 Å². The monoisotopic (exact) mass is 535 g/mol. The average Bonchev–Trinajstić information content (AvgIpc) is 3.53. The SMILES string of the molecule is COc1ccc(-c2n[nH]c3c2C(c2ccc(OCc4ccccc4)cc2)N(Cc2ccccc2Cl)C3=O)cc1. The fraction of sp³-hybridized carbons (Fsp3) is 0.125. The molecule has 5 aromatic rings. The highest BCUT2D eigenvalue weighted by molar-refractivity contribution is 6.31. The molecule has 0 saturated carbocycles. The maximum absolute atomic E-state index is 13.7. The van der Waals surface area contributed by atoms with Crippen molar-refractivity contribution in [2.75, 3.05) is 7.11 Å². The lowest BCUT2D eigenvalue weighted by atomic mass is 9.95. The van der Waals surface area contributed by atoms with E-state index in [-0.39, 0.29) is 11.9 Å². The van der Waals surface area contributed by atoms with Gasteiger partial charge in [0, 0.05) is 22.7 Å². The first kappa shape index (κ1) is 24.8. The van der Waals surface area contributed by atoms with Crippen LogP contribution in [-0.4, -0.2) is 28.1 Å². The smallest absolute Gasteiger partial charge is 0.273 e. The third-order valence-corrected chi connectivity index (χ3v) is 7.34. The van der Waals surface area contributed by atoms with E-state index < -0.39 is 0 Å². The van der Waals surface area contributed by atoms with Crippen LogP contribution in [0.5, 0.6) is 11.5 Å². The Morgan fingerprint density at radius 3 is 2.28 bits per heavy atom. The van der Waals surface area contributed by atoms with E-state index in [0.29, 0.717) is 23.9 Å². The van der Waals surface area contributed by atoms with Crippen molar-refractivity contribution >= 4 is 17.5 Å². The zero-order chi connectivity index (χ0) is 26.8. The molecule has 1 aromatic heterocycles. The molecule has 1 unspecified atom stereocenters. The fourth-order valence-electron chi connectivity index (χ4n) is 4.97. The van der Waals surface area contributed by atoms with Gasteiger partial charge in [0.05, 0.1) is 18.8 Å². The number of H-pyrrole nitrogens is 1. The molecule has 1 N–H and O–H groups in total. The molecule has 0 saturated heterocycles. The van der Waals surface area contributed by atoms with Gasteiger partial charge in [0.15, 0.2) is 0 Å². The Morgan fingerprint density at radius 1 is 0.872 bits per heavy atom. The average molecular weight is 536 g/mol. The van der Waals surface area contributed by atoms with Crippen LogP contribution < -0.4 is 9.47 Å². The van der Waals surface area contributed by atoms with Crippen LogP contribution in [0.3, 0.4) is 0 Å². The topological polar surface area (TPSA) is 67.5 Å². The minimum Gasteiger partial charge on any atom is -0.497 e. The summed E-state index contributed by atoms with van der Waals surface area (Å²) in [6.07, 6.45) is 0. The number of hydrogen-bond acceptors (Lipinski definition) is 4. The number of benzene rings is 4. The number of methoxy groups -OCH3 is 1. The molecule has 1 amide bonds. The Bertz CT molecular complexity index is 1600. The van der Waals surface area contributed by atoms with E-state index in [1.807, 2.05) is 108 Å². The highest BCUT2D eigenvalue weighted by Crippen LogP contribution is 2.44. The Hall–Kier alpha value is -4.55. The second kappa shape index (κ2) is 10.7. The number of aromatic amines is 1. The van der Waals surface area contributed by atoms with Crippen LogP contribution >= 0.6 is 11.6 Å². The summed E-state index contributed by atoms with van der Waals surface area (Å²) in [4.78, 5) is 15.6. The molecule has 6 nitrogen and oxygen atoms in total. The van der Waals surface area contributed by atoms with Crippen molar-refractivity contribution in [2.45, 2.75) is 19.2 Å². The van der Waals surface area contributed by atoms with Gasteiger partial charge in [-0.15, -0.1) is 0 Å². The molecule has 1 atom stereocenters. The van der Waals surface area contributed by atoms with Gasteiger partial charge in [0.25, 0.3) is 5.91 Å². The van der Waals surface area contributed by atoms with Crippen LogP contribution in [0.25, 0.3) is 11.3 Å². The van der Waals surface area contributed by atoms with Crippen molar-refractivity contribution in [1.29, 1.82) is 0 Å². The molecular weight excluding hydrogens is 510 g/mol. The predicted molar refractivity (Wildman–Crippen MR) is 151 cm³/mol. The molecule has 0 aliphatic carbocycles. The van der Waals surface area contributed by atoms with Crippen molar-refractivity contribution in [1.82, 2.24) is 15.1 Å². The summed E-state index contributed by atoms with van der Waals surface area (Å²) in [7, 11) is 1.63. The number of aromatic nitrogens is 2. The van der Waals surface area contributed by atoms with Crippen LogP contribution in [0, 0.1) is 0 Å². The van der Waals surface area contributed by atoms with E-state index in [9.17, 15) is 4.79 Å². The second-order valence-electron chi connectivity index (χ2n) is 9.36. The second-order valence-corrected chi connectivity index (χ2v) is 9.77. The Kier molecular flexibility index (Phi) is 6.78. The van der Waals surface area contributed by atoms with Crippen molar-refractivity contribution in [3.63, 3.8) is 0 Å². The quantitative estimate of drug-likeness (QED) is 0.231. The first-order valence-electron chi connectivity index (χ1n) is 12.7. The predicted octanol–water partition coefficient (Wildman–Crippen LogP) is 7.06. The zero-order valence-corrected chi connectivity index (χ0v) is 22.1. The van der Waals surface area contributed by atoms with E-state index in [1.54, 1.807) is 7.11 Å².